The minimum atomic E-state index is -3.62. The molecule has 1 atom stereocenters. The number of rotatable bonds is 14. The van der Waals surface area contributed by atoms with Gasteiger partial charge in [-0.2, -0.15) is 0 Å². The van der Waals surface area contributed by atoms with Gasteiger partial charge in [0.2, 0.25) is 21.8 Å². The van der Waals surface area contributed by atoms with E-state index in [2.05, 4.69) is 5.32 Å². The number of amides is 2. The first kappa shape index (κ1) is 33.6. The average molecular weight is 661 g/mol. The highest BCUT2D eigenvalue weighted by Gasteiger charge is 2.32. The van der Waals surface area contributed by atoms with Crippen molar-refractivity contribution in [3.63, 3.8) is 0 Å². The molecule has 44 heavy (non-hydrogen) atoms. The van der Waals surface area contributed by atoms with E-state index < -0.39 is 16.1 Å². The molecular formula is C33H39Cl2N3O5S. The Hall–Kier alpha value is -3.27. The lowest BCUT2D eigenvalue weighted by Gasteiger charge is -2.33. The van der Waals surface area contributed by atoms with Gasteiger partial charge in [-0.15, -0.1) is 0 Å². The summed E-state index contributed by atoms with van der Waals surface area (Å²) in [6.45, 7) is 0.231. The zero-order valence-electron chi connectivity index (χ0n) is 25.0. The molecule has 1 unspecified atom stereocenters. The summed E-state index contributed by atoms with van der Waals surface area (Å²) in [6.07, 6.45) is 5.70. The van der Waals surface area contributed by atoms with Gasteiger partial charge in [-0.3, -0.25) is 13.9 Å². The maximum atomic E-state index is 14.0. The first-order valence-corrected chi connectivity index (χ1v) is 17.3. The lowest BCUT2D eigenvalue weighted by Crippen LogP contribution is -2.52. The molecule has 2 amide bonds. The zero-order valence-corrected chi connectivity index (χ0v) is 27.4. The predicted molar refractivity (Wildman–Crippen MR) is 176 cm³/mol. The molecule has 0 bridgehead atoms. The van der Waals surface area contributed by atoms with Crippen LogP contribution in [0.1, 0.15) is 49.7 Å². The number of halogens is 2. The van der Waals surface area contributed by atoms with E-state index in [1.165, 1.54) is 11.4 Å². The van der Waals surface area contributed by atoms with Gasteiger partial charge in [-0.25, -0.2) is 8.42 Å². The second-order valence-electron chi connectivity index (χ2n) is 11.1. The van der Waals surface area contributed by atoms with Gasteiger partial charge in [-0.1, -0.05) is 72.4 Å². The number of hydrogen-bond acceptors (Lipinski definition) is 5. The third kappa shape index (κ3) is 9.36. The molecule has 0 spiro atoms. The summed E-state index contributed by atoms with van der Waals surface area (Å²) >= 11 is 12.5. The molecule has 1 aliphatic carbocycles. The Morgan fingerprint density at radius 3 is 2.25 bits per heavy atom. The molecule has 0 aliphatic heterocycles. The zero-order chi connectivity index (χ0) is 31.7. The molecule has 1 aliphatic rings. The first-order valence-electron chi connectivity index (χ1n) is 14.7. The minimum Gasteiger partial charge on any atom is -0.497 e. The van der Waals surface area contributed by atoms with E-state index in [0.29, 0.717) is 27.9 Å². The SMILES string of the molecule is COc1ccc(N(CCCC(=O)N(Cc2ccc(Cl)c(Cl)c2)C(Cc2ccccc2)C(=O)NC2CCCC2)S(C)(=O)=O)cc1. The molecule has 3 aromatic rings. The molecule has 236 valence electrons. The van der Waals surface area contributed by atoms with E-state index >= 15 is 0 Å². The molecule has 0 heterocycles. The Labute approximate surface area is 270 Å². The third-order valence-corrected chi connectivity index (χ3v) is 9.76. The molecule has 8 nitrogen and oxygen atoms in total. The summed E-state index contributed by atoms with van der Waals surface area (Å²) < 4.78 is 31.8. The van der Waals surface area contributed by atoms with Crippen LogP contribution in [0, 0.1) is 0 Å². The van der Waals surface area contributed by atoms with Crippen LogP contribution in [0.3, 0.4) is 0 Å². The third-order valence-electron chi connectivity index (χ3n) is 7.82. The van der Waals surface area contributed by atoms with Gasteiger partial charge in [0.1, 0.15) is 11.8 Å². The van der Waals surface area contributed by atoms with Gasteiger partial charge in [0.15, 0.2) is 0 Å². The summed E-state index contributed by atoms with van der Waals surface area (Å²) in [6, 6.07) is 20.8. The molecule has 3 aromatic carbocycles. The average Bonchev–Trinajstić information content (AvgIpc) is 3.52. The molecule has 4 rings (SSSR count). The monoisotopic (exact) mass is 659 g/mol. The van der Waals surface area contributed by atoms with Crippen molar-refractivity contribution < 1.29 is 22.7 Å². The molecule has 11 heteroatoms. The fourth-order valence-corrected chi connectivity index (χ4v) is 6.79. The maximum absolute atomic E-state index is 14.0. The molecule has 0 radical (unpaired) electrons. The summed E-state index contributed by atoms with van der Waals surface area (Å²) in [5.74, 6) is 0.141. The molecule has 1 N–H and O–H groups in total. The summed E-state index contributed by atoms with van der Waals surface area (Å²) in [5.41, 5.74) is 2.13. The topological polar surface area (TPSA) is 96.0 Å². The standard InChI is InChI=1S/C33H39Cl2N3O5S/c1-43-28-17-15-27(16-18-28)38(44(2,41)42)20-8-13-32(39)37(23-25-14-19-29(34)30(35)21-25)31(22-24-9-4-3-5-10-24)33(40)36-26-11-6-7-12-26/h3-5,9-10,14-19,21,26,31H,6-8,11-13,20,22-23H2,1-2H3,(H,36,40). The van der Waals surface area contributed by atoms with E-state index in [0.717, 1.165) is 43.1 Å². The van der Waals surface area contributed by atoms with Crippen LogP contribution in [0.15, 0.2) is 72.8 Å². The van der Waals surface area contributed by atoms with Crippen molar-refractivity contribution in [3.8, 4) is 5.75 Å². The number of methoxy groups -OCH3 is 1. The second kappa shape index (κ2) is 15.6. The van der Waals surface area contributed by atoms with Crippen molar-refractivity contribution >= 4 is 50.7 Å². The highest BCUT2D eigenvalue weighted by atomic mass is 35.5. The second-order valence-corrected chi connectivity index (χ2v) is 13.8. The number of nitrogens with zero attached hydrogens (tertiary/aromatic N) is 2. The summed E-state index contributed by atoms with van der Waals surface area (Å²) in [5, 5.41) is 3.94. The Morgan fingerprint density at radius 2 is 1.64 bits per heavy atom. The fourth-order valence-electron chi connectivity index (χ4n) is 5.51. The van der Waals surface area contributed by atoms with Crippen LogP contribution in [0.25, 0.3) is 0 Å². The number of anilines is 1. The smallest absolute Gasteiger partial charge is 0.243 e. The van der Waals surface area contributed by atoms with E-state index in [1.54, 1.807) is 47.4 Å². The molecule has 1 fully saturated rings. The quantitative estimate of drug-likeness (QED) is 0.221. The van der Waals surface area contributed by atoms with E-state index in [1.807, 2.05) is 30.3 Å². The number of sulfonamides is 1. The van der Waals surface area contributed by atoms with E-state index in [-0.39, 0.29) is 43.8 Å². The fraction of sp³-hybridized carbons (Fsp3) is 0.394. The molecule has 0 aromatic heterocycles. The number of hydrogen-bond donors (Lipinski definition) is 1. The molecule has 0 saturated heterocycles. The van der Waals surface area contributed by atoms with Crippen molar-refractivity contribution in [2.24, 2.45) is 0 Å². The van der Waals surface area contributed by atoms with Crippen molar-refractivity contribution in [2.75, 3.05) is 24.2 Å². The normalized spacial score (nSPS) is 14.2. The van der Waals surface area contributed by atoms with E-state index in [9.17, 15) is 18.0 Å². The van der Waals surface area contributed by atoms with Gasteiger partial charge >= 0.3 is 0 Å². The van der Waals surface area contributed by atoms with Gasteiger partial charge in [0.25, 0.3) is 0 Å². The number of carbonyl (C=O) groups is 2. The summed E-state index contributed by atoms with van der Waals surface area (Å²) in [7, 11) is -2.08. The largest absolute Gasteiger partial charge is 0.497 e. The Bertz CT molecular complexity index is 1510. The Morgan fingerprint density at radius 1 is 0.955 bits per heavy atom. The molecular weight excluding hydrogens is 621 g/mol. The van der Waals surface area contributed by atoms with Crippen molar-refractivity contribution in [3.05, 3.63) is 94.0 Å². The first-order chi connectivity index (χ1) is 21.0. The van der Waals surface area contributed by atoms with Gasteiger partial charge in [0, 0.05) is 32.0 Å². The number of nitrogens with one attached hydrogen (secondary N) is 1. The Kier molecular flexibility index (Phi) is 11.9. The van der Waals surface area contributed by atoms with Gasteiger partial charge in [0.05, 0.1) is 29.1 Å². The van der Waals surface area contributed by atoms with Crippen LogP contribution in [-0.4, -0.2) is 57.1 Å². The predicted octanol–water partition coefficient (Wildman–Crippen LogP) is 6.25. The van der Waals surface area contributed by atoms with Crippen LogP contribution in [-0.2, 0) is 32.6 Å². The summed E-state index contributed by atoms with van der Waals surface area (Å²) in [4.78, 5) is 29.5. The van der Waals surface area contributed by atoms with Crippen LogP contribution < -0.4 is 14.4 Å². The van der Waals surface area contributed by atoms with Crippen LogP contribution >= 0.6 is 23.2 Å². The highest BCUT2D eigenvalue weighted by Crippen LogP contribution is 2.26. The van der Waals surface area contributed by atoms with Crippen LogP contribution in [0.4, 0.5) is 5.69 Å². The van der Waals surface area contributed by atoms with Crippen molar-refractivity contribution in [1.29, 1.82) is 0 Å². The van der Waals surface area contributed by atoms with Crippen LogP contribution in [0.5, 0.6) is 5.75 Å². The maximum Gasteiger partial charge on any atom is 0.243 e. The van der Waals surface area contributed by atoms with Crippen LogP contribution in [0.2, 0.25) is 10.0 Å². The van der Waals surface area contributed by atoms with E-state index in [4.69, 9.17) is 27.9 Å². The minimum absolute atomic E-state index is 0.0332. The molecule has 1 saturated carbocycles. The van der Waals surface area contributed by atoms with Crippen molar-refractivity contribution in [1.82, 2.24) is 10.2 Å². The lowest BCUT2D eigenvalue weighted by atomic mass is 10.0. The number of benzene rings is 3. The van der Waals surface area contributed by atoms with Gasteiger partial charge in [-0.05, 0) is 66.8 Å². The Balaban J connectivity index is 1.59. The number of carbonyl (C=O) groups excluding carboxylic acids is 2. The lowest BCUT2D eigenvalue weighted by molar-refractivity contribution is -0.141. The van der Waals surface area contributed by atoms with Gasteiger partial charge < -0.3 is 15.0 Å². The number of ether oxygens (including phenoxy) is 1. The highest BCUT2D eigenvalue weighted by molar-refractivity contribution is 7.92. The van der Waals surface area contributed by atoms with Crippen molar-refractivity contribution in [2.45, 2.75) is 63.6 Å².